The van der Waals surface area contributed by atoms with Gasteiger partial charge in [-0.25, -0.2) is 9.59 Å². The number of carboxylic acid groups (broad SMARTS) is 1. The zero-order valence-electron chi connectivity index (χ0n) is 49.5. The van der Waals surface area contributed by atoms with Crippen molar-refractivity contribution in [1.82, 2.24) is 30.2 Å². The van der Waals surface area contributed by atoms with Gasteiger partial charge in [-0.15, -0.1) is 0 Å². The second kappa shape index (κ2) is 35.7. The Morgan fingerprint density at radius 2 is 0.891 bits per heavy atom. The lowest BCUT2D eigenvalue weighted by Crippen LogP contribution is -2.43. The van der Waals surface area contributed by atoms with Crippen LogP contribution in [0.3, 0.4) is 0 Å². The molecular weight excluding hydrogens is 1340 g/mol. The van der Waals surface area contributed by atoms with Crippen LogP contribution in [0.25, 0.3) is 0 Å². The first-order valence-corrected chi connectivity index (χ1v) is 30.6. The normalized spacial score (nSPS) is 12.7. The van der Waals surface area contributed by atoms with Crippen molar-refractivity contribution in [1.29, 1.82) is 0 Å². The fourth-order valence-electron chi connectivity index (χ4n) is 10.3. The van der Waals surface area contributed by atoms with Gasteiger partial charge < -0.3 is 40.1 Å². The Hall–Kier alpha value is -7.26. The number of carbonyl (C=O) groups excluding carboxylic acids is 7. The van der Waals surface area contributed by atoms with Gasteiger partial charge in [0.05, 0.1) is 31.2 Å². The number of esters is 1. The quantitative estimate of drug-likeness (QED) is 0.0548. The highest BCUT2D eigenvalue weighted by atomic mass is 35.5. The van der Waals surface area contributed by atoms with Gasteiger partial charge in [0.15, 0.2) is 0 Å². The van der Waals surface area contributed by atoms with Crippen molar-refractivity contribution in [3.63, 3.8) is 0 Å². The third-order valence-electron chi connectivity index (χ3n) is 15.0. The number of halogens is 6. The van der Waals surface area contributed by atoms with E-state index >= 15 is 0 Å². The third kappa shape index (κ3) is 20.1. The van der Waals surface area contributed by atoms with Gasteiger partial charge in [-0.05, 0) is 101 Å². The van der Waals surface area contributed by atoms with E-state index in [1.54, 1.807) is 53.1 Å². The second-order valence-corrected chi connectivity index (χ2v) is 23.8. The topological polar surface area (TPSA) is 203 Å². The molecule has 2 aliphatic heterocycles. The molecule has 16 nitrogen and oxygen atoms in total. The van der Waals surface area contributed by atoms with E-state index in [0.29, 0.717) is 78.8 Å². The Labute approximate surface area is 579 Å². The van der Waals surface area contributed by atoms with Crippen LogP contribution in [0.5, 0.6) is 0 Å². The van der Waals surface area contributed by atoms with Crippen LogP contribution in [-0.2, 0) is 69.5 Å². The predicted molar refractivity (Wildman–Crippen MR) is 371 cm³/mol. The zero-order valence-corrected chi connectivity index (χ0v) is 56.0. The van der Waals surface area contributed by atoms with Crippen molar-refractivity contribution in [2.75, 3.05) is 27.2 Å². The summed E-state index contributed by atoms with van der Waals surface area (Å²) in [5, 5.41) is 15.9. The largest absolute Gasteiger partial charge is 0.480 e. The Kier molecular flexibility index (Phi) is 29.3. The zero-order chi connectivity index (χ0) is 63.9. The molecule has 0 radical (unpaired) electrons. The molecule has 0 bridgehead atoms. The molecule has 486 valence electrons. The van der Waals surface area contributed by atoms with Crippen molar-refractivity contribution >= 4 is 144 Å². The molecule has 0 saturated heterocycles. The molecule has 92 heavy (non-hydrogen) atoms. The SMILES string of the molecule is C.CN(Cc1ccccc1)C(=O)CC[C@H](NC(=O)c1c(Cl)cc2c(c1Cl)CCN(Cc1cccc(Cl)c1)C2=O)C(=O)O.CN(Cc1ccccc1)C(=O)CC[C@H](NC(=O)c1c(Cl)cc2c(c1Cl)CCN(Cc1cccc(Cl)c1)C2=O)C(=O)OCc1ccccc1.S.S. The van der Waals surface area contributed by atoms with Gasteiger partial charge in [-0.1, -0.05) is 192 Å². The van der Waals surface area contributed by atoms with E-state index in [4.69, 9.17) is 74.3 Å². The molecule has 3 N–H and O–H groups in total. The van der Waals surface area contributed by atoms with Crippen LogP contribution >= 0.6 is 96.6 Å². The van der Waals surface area contributed by atoms with Gasteiger partial charge in [-0.3, -0.25) is 28.8 Å². The fourth-order valence-corrected chi connectivity index (χ4v) is 12.1. The summed E-state index contributed by atoms with van der Waals surface area (Å²) in [7, 11) is 3.31. The minimum absolute atomic E-state index is 0. The summed E-state index contributed by atoms with van der Waals surface area (Å²) in [6, 6.07) is 42.8. The average Bonchev–Trinajstić information content (AvgIpc) is 0.778. The lowest BCUT2D eigenvalue weighted by atomic mass is 9.95. The van der Waals surface area contributed by atoms with Crippen LogP contribution in [-0.4, -0.2) is 111 Å². The predicted octanol–water partition coefficient (Wildman–Crippen LogP) is 13.5. The first-order chi connectivity index (χ1) is 42.6. The van der Waals surface area contributed by atoms with E-state index in [-0.39, 0.29) is 127 Å². The molecule has 7 aromatic carbocycles. The van der Waals surface area contributed by atoms with Crippen LogP contribution in [0.2, 0.25) is 30.1 Å². The molecule has 0 unspecified atom stereocenters. The maximum Gasteiger partial charge on any atom is 0.328 e. The van der Waals surface area contributed by atoms with Crippen LogP contribution in [0, 0.1) is 0 Å². The summed E-state index contributed by atoms with van der Waals surface area (Å²) in [6.07, 6.45) is 0.496. The van der Waals surface area contributed by atoms with Gasteiger partial charge in [0.1, 0.15) is 18.7 Å². The standard InChI is InChI=1S/C37H34Cl3N3O5.C30H28Cl3N3O5.CH4.2H2S/c1-42(21-24-9-4-2-5-10-24)32(44)16-15-31(37(47)48-23-25-11-6-3-7-12-25)41-35(45)33-30(39)20-29-28(34(33)40)17-18-43(36(29)46)22-26-13-8-14-27(38)19-26;1-35(16-18-6-3-2-4-7-18)25(37)11-10-24(30(40)41)34-28(38)26-23(32)15-22-21(27(26)33)12-13-36(29(22)39)17-19-8-5-9-20(31)14-19;;;/h2-14,19-20,31H,15-18,21-23H2,1H3,(H,41,45);2-9,14-15,24H,10-13,16-17H2,1H3,(H,34,38)(H,40,41);1H4;2*1H2/t31-;24-;;;/m00.../s1. The van der Waals surface area contributed by atoms with Gasteiger partial charge >= 0.3 is 11.9 Å². The number of fused-ring (bicyclic) bond motifs is 2. The smallest absolute Gasteiger partial charge is 0.328 e. The number of aliphatic carboxylic acids is 1. The van der Waals surface area contributed by atoms with E-state index in [9.17, 15) is 43.5 Å². The van der Waals surface area contributed by atoms with Crippen LogP contribution in [0.15, 0.2) is 152 Å². The van der Waals surface area contributed by atoms with Crippen molar-refractivity contribution in [2.45, 2.75) is 90.8 Å². The van der Waals surface area contributed by atoms with E-state index in [0.717, 1.165) is 27.8 Å². The molecule has 2 aliphatic rings. The Balaban J connectivity index is 0.000000327. The number of hydrogen-bond acceptors (Lipinski definition) is 9. The average molecular weight is 1410 g/mol. The highest BCUT2D eigenvalue weighted by Crippen LogP contribution is 2.37. The molecule has 0 fully saturated rings. The summed E-state index contributed by atoms with van der Waals surface area (Å²) in [5.41, 5.74) is 5.81. The molecule has 9 rings (SSSR count). The van der Waals surface area contributed by atoms with E-state index in [1.165, 1.54) is 17.0 Å². The number of benzene rings is 7. The van der Waals surface area contributed by atoms with Gasteiger partial charge in [-0.2, -0.15) is 27.0 Å². The maximum absolute atomic E-state index is 13.7. The first kappa shape index (κ1) is 75.5. The van der Waals surface area contributed by atoms with E-state index < -0.39 is 35.8 Å². The fraction of sp³-hybridized carbons (Fsp3) is 0.265. The number of nitrogens with zero attached hydrogens (tertiary/aromatic N) is 4. The minimum Gasteiger partial charge on any atom is -0.480 e. The van der Waals surface area contributed by atoms with Crippen molar-refractivity contribution < 1.29 is 48.2 Å². The molecule has 0 saturated carbocycles. The molecule has 0 aromatic heterocycles. The summed E-state index contributed by atoms with van der Waals surface area (Å²) >= 11 is 38.6. The molecule has 2 atom stereocenters. The third-order valence-corrected chi connectivity index (χ3v) is 16.9. The van der Waals surface area contributed by atoms with E-state index in [1.807, 2.05) is 115 Å². The highest BCUT2D eigenvalue weighted by Gasteiger charge is 2.35. The molecule has 0 spiro atoms. The maximum atomic E-state index is 13.7. The number of nitrogens with one attached hydrogen (secondary N) is 2. The van der Waals surface area contributed by atoms with Crippen LogP contribution in [0.4, 0.5) is 0 Å². The first-order valence-electron chi connectivity index (χ1n) is 28.4. The number of ether oxygens (including phenoxy) is 1. The second-order valence-electron chi connectivity index (χ2n) is 21.4. The summed E-state index contributed by atoms with van der Waals surface area (Å²) in [4.78, 5) is 111. The molecule has 2 heterocycles. The summed E-state index contributed by atoms with van der Waals surface area (Å²) in [6.45, 7) is 2.18. The number of amides is 6. The number of carboxylic acids is 1. The van der Waals surface area contributed by atoms with Gasteiger partial charge in [0.25, 0.3) is 23.6 Å². The van der Waals surface area contributed by atoms with Crippen LogP contribution < -0.4 is 10.6 Å². The molecule has 24 heteroatoms. The Morgan fingerprint density at radius 3 is 1.28 bits per heavy atom. The summed E-state index contributed by atoms with van der Waals surface area (Å²) in [5.74, 6) is -4.55. The molecule has 7 aromatic rings. The molecular formula is C68H70Cl6N6O10S2. The molecule has 6 amide bonds. The van der Waals surface area contributed by atoms with Crippen molar-refractivity contribution in [3.05, 3.63) is 243 Å². The van der Waals surface area contributed by atoms with Gasteiger partial charge in [0, 0.05) is 87.4 Å². The van der Waals surface area contributed by atoms with E-state index in [2.05, 4.69) is 10.6 Å². The lowest BCUT2D eigenvalue weighted by Gasteiger charge is -2.30. The number of rotatable bonds is 22. The minimum atomic E-state index is -1.35. The van der Waals surface area contributed by atoms with Crippen LogP contribution in [0.1, 0.15) is 113 Å². The Bertz CT molecular complexity index is 3780. The lowest BCUT2D eigenvalue weighted by molar-refractivity contribution is -0.147. The summed E-state index contributed by atoms with van der Waals surface area (Å²) < 4.78 is 5.55. The van der Waals surface area contributed by atoms with Gasteiger partial charge in [0.2, 0.25) is 11.8 Å². The highest BCUT2D eigenvalue weighted by molar-refractivity contribution is 7.59. The van der Waals surface area contributed by atoms with Crippen molar-refractivity contribution in [2.24, 2.45) is 0 Å². The Morgan fingerprint density at radius 1 is 0.522 bits per heavy atom. The molecule has 0 aliphatic carbocycles. The van der Waals surface area contributed by atoms with Crippen molar-refractivity contribution in [3.8, 4) is 0 Å². The number of carbonyl (C=O) groups is 8. The monoisotopic (exact) mass is 1400 g/mol. The number of hydrogen-bond donors (Lipinski definition) is 3.